The van der Waals surface area contributed by atoms with Gasteiger partial charge in [-0.05, 0) is 37.0 Å². The van der Waals surface area contributed by atoms with E-state index in [1.807, 2.05) is 6.08 Å². The van der Waals surface area contributed by atoms with E-state index in [-0.39, 0.29) is 37.1 Å². The fourth-order valence-electron chi connectivity index (χ4n) is 4.27. The average Bonchev–Trinajstić information content (AvgIpc) is 2.85. The van der Waals surface area contributed by atoms with Crippen molar-refractivity contribution in [3.05, 3.63) is 40.4 Å². The lowest BCUT2D eigenvalue weighted by molar-refractivity contribution is -0.143. The first kappa shape index (κ1) is 24.3. The van der Waals surface area contributed by atoms with Crippen molar-refractivity contribution in [3.8, 4) is 5.75 Å². The molecule has 1 aromatic rings. The second-order valence-electron chi connectivity index (χ2n) is 8.14. The van der Waals surface area contributed by atoms with Crippen LogP contribution in [-0.4, -0.2) is 66.0 Å². The van der Waals surface area contributed by atoms with E-state index in [1.165, 1.54) is 0 Å². The zero-order valence-corrected chi connectivity index (χ0v) is 18.5. The average molecular weight is 475 g/mol. The molecule has 0 radical (unpaired) electrons. The molecule has 2 fully saturated rings. The van der Waals surface area contributed by atoms with Crippen LogP contribution >= 0.6 is 23.2 Å². The van der Waals surface area contributed by atoms with Crippen LogP contribution in [0.5, 0.6) is 5.75 Å². The molecule has 7 nitrogen and oxygen atoms in total. The Bertz CT molecular complexity index is 752. The second-order valence-corrected chi connectivity index (χ2v) is 9.01. The van der Waals surface area contributed by atoms with Crippen molar-refractivity contribution in [2.45, 2.75) is 37.6 Å². The van der Waals surface area contributed by atoms with Gasteiger partial charge in [-0.25, -0.2) is 4.79 Å². The third kappa shape index (κ3) is 7.34. The Hall–Kier alpha value is -1.35. The maximum Gasteiger partial charge on any atom is 0.329 e. The molecule has 0 spiro atoms. The minimum atomic E-state index is -0.985. The molecule has 3 N–H and O–H groups in total. The Morgan fingerprint density at radius 3 is 2.71 bits per heavy atom. The number of halogens is 2. The number of hydrogen-bond donors (Lipinski definition) is 3. The smallest absolute Gasteiger partial charge is 0.329 e. The number of carbonyl (C=O) groups is 1. The maximum atomic E-state index is 10.6. The van der Waals surface area contributed by atoms with Crippen LogP contribution in [0.1, 0.15) is 19.3 Å². The summed E-state index contributed by atoms with van der Waals surface area (Å²) in [4.78, 5) is 10.6. The normalized spacial score (nSPS) is 29.5. The lowest BCUT2D eigenvalue weighted by Crippen LogP contribution is -2.22. The standard InChI is InChI=1S/C22H28Cl2O7/c23-14-5-15(24)7-17(6-14)30-11-16(25)2-4-18-19-3-1-13(9-29-12-22(27)28)10-31-21(19)8-20(18)26/h2,4-7,13,16,18-21,25-26H,1,3,8-12H2,(H,27,28)/b4-2+/t13-,16-,18-,19-,20-,21+/m1/s1. The van der Waals surface area contributed by atoms with Gasteiger partial charge in [-0.3, -0.25) is 0 Å². The third-order valence-corrected chi connectivity index (χ3v) is 6.17. The zero-order chi connectivity index (χ0) is 22.4. The van der Waals surface area contributed by atoms with Gasteiger partial charge >= 0.3 is 5.97 Å². The zero-order valence-electron chi connectivity index (χ0n) is 17.0. The number of aliphatic hydroxyl groups excluding tert-OH is 2. The van der Waals surface area contributed by atoms with Crippen molar-refractivity contribution in [1.82, 2.24) is 0 Å². The first-order valence-electron chi connectivity index (χ1n) is 10.4. The minimum absolute atomic E-state index is 0.0313. The molecule has 0 bridgehead atoms. The molecule has 1 aliphatic carbocycles. The first-order valence-corrected chi connectivity index (χ1v) is 11.1. The first-order chi connectivity index (χ1) is 14.8. The Morgan fingerprint density at radius 1 is 1.26 bits per heavy atom. The van der Waals surface area contributed by atoms with E-state index >= 15 is 0 Å². The van der Waals surface area contributed by atoms with Crippen molar-refractivity contribution in [1.29, 1.82) is 0 Å². The van der Waals surface area contributed by atoms with Crippen molar-refractivity contribution < 1.29 is 34.3 Å². The molecule has 9 heteroatoms. The molecule has 1 aromatic carbocycles. The van der Waals surface area contributed by atoms with Gasteiger partial charge in [0.2, 0.25) is 0 Å². The van der Waals surface area contributed by atoms with Gasteiger partial charge in [0, 0.05) is 28.3 Å². The topological polar surface area (TPSA) is 105 Å². The molecule has 1 aliphatic heterocycles. The Kier molecular flexibility index (Phi) is 9.01. The SMILES string of the molecule is O=C(O)COC[C@H]1CC[C@@H]2[C@@H](/C=C/[C@@H](O)COc3cc(Cl)cc(Cl)c3)[C@H](O)C[C@@H]2OC1. The number of aliphatic carboxylic acids is 1. The van der Waals surface area contributed by atoms with Crippen molar-refractivity contribution >= 4 is 29.2 Å². The second kappa shape index (κ2) is 11.5. The monoisotopic (exact) mass is 474 g/mol. The van der Waals surface area contributed by atoms with Gasteiger partial charge in [-0.1, -0.05) is 35.4 Å². The largest absolute Gasteiger partial charge is 0.490 e. The van der Waals surface area contributed by atoms with Crippen LogP contribution in [0.3, 0.4) is 0 Å². The number of carboxylic acid groups (broad SMARTS) is 1. The highest BCUT2D eigenvalue weighted by Crippen LogP contribution is 2.41. The quantitative estimate of drug-likeness (QED) is 0.471. The summed E-state index contributed by atoms with van der Waals surface area (Å²) in [6.07, 6.45) is 4.25. The summed E-state index contributed by atoms with van der Waals surface area (Å²) in [6.45, 7) is 0.555. The molecular formula is C22H28Cl2O7. The van der Waals surface area contributed by atoms with Crippen LogP contribution < -0.4 is 4.74 Å². The lowest BCUT2D eigenvalue weighted by Gasteiger charge is -2.21. The Balaban J connectivity index is 1.50. The maximum absolute atomic E-state index is 10.6. The number of rotatable bonds is 9. The fourth-order valence-corrected chi connectivity index (χ4v) is 4.77. The van der Waals surface area contributed by atoms with E-state index in [0.29, 0.717) is 35.4 Å². The van der Waals surface area contributed by atoms with E-state index in [1.54, 1.807) is 24.3 Å². The van der Waals surface area contributed by atoms with Crippen molar-refractivity contribution in [3.63, 3.8) is 0 Å². The van der Waals surface area contributed by atoms with E-state index < -0.39 is 18.2 Å². The Morgan fingerprint density at radius 2 is 2.00 bits per heavy atom. The van der Waals surface area contributed by atoms with Crippen molar-refractivity contribution in [2.24, 2.45) is 17.8 Å². The summed E-state index contributed by atoms with van der Waals surface area (Å²) in [5.41, 5.74) is 0. The van der Waals surface area contributed by atoms with Gasteiger partial charge < -0.3 is 29.5 Å². The molecular weight excluding hydrogens is 447 g/mol. The predicted molar refractivity (Wildman–Crippen MR) is 116 cm³/mol. The number of ether oxygens (including phenoxy) is 3. The van der Waals surface area contributed by atoms with Crippen LogP contribution in [0.15, 0.2) is 30.4 Å². The molecule has 6 atom stereocenters. The highest BCUT2D eigenvalue weighted by molar-refractivity contribution is 6.34. The van der Waals surface area contributed by atoms with E-state index in [0.717, 1.165) is 12.8 Å². The fraction of sp³-hybridized carbons (Fsp3) is 0.591. The number of carboxylic acids is 1. The minimum Gasteiger partial charge on any atom is -0.490 e. The predicted octanol–water partition coefficient (Wildman–Crippen LogP) is 3.18. The van der Waals surface area contributed by atoms with Crippen LogP contribution in [0, 0.1) is 17.8 Å². The number of fused-ring (bicyclic) bond motifs is 1. The number of aliphatic hydroxyl groups is 2. The Labute approximate surface area is 191 Å². The molecule has 3 rings (SSSR count). The molecule has 31 heavy (non-hydrogen) atoms. The summed E-state index contributed by atoms with van der Waals surface area (Å²) < 4.78 is 16.8. The van der Waals surface area contributed by atoms with E-state index in [2.05, 4.69) is 0 Å². The summed E-state index contributed by atoms with van der Waals surface area (Å²) >= 11 is 11.9. The van der Waals surface area contributed by atoms with E-state index in [9.17, 15) is 15.0 Å². The molecule has 172 valence electrons. The molecule has 0 unspecified atom stereocenters. The van der Waals surface area contributed by atoms with Gasteiger partial charge in [0.15, 0.2) is 0 Å². The molecule has 0 aromatic heterocycles. The summed E-state index contributed by atoms with van der Waals surface area (Å²) in [5, 5.41) is 30.4. The van der Waals surface area contributed by atoms with Crippen LogP contribution in [-0.2, 0) is 14.3 Å². The van der Waals surface area contributed by atoms with Gasteiger partial charge in [-0.2, -0.15) is 0 Å². The summed E-state index contributed by atoms with van der Waals surface area (Å²) in [7, 11) is 0. The van der Waals surface area contributed by atoms with Gasteiger partial charge in [0.05, 0.1) is 25.4 Å². The molecule has 2 aliphatic rings. The van der Waals surface area contributed by atoms with Crippen LogP contribution in [0.4, 0.5) is 0 Å². The molecule has 1 heterocycles. The number of benzene rings is 1. The molecule has 0 amide bonds. The molecule has 1 saturated heterocycles. The lowest BCUT2D eigenvalue weighted by atomic mass is 9.87. The van der Waals surface area contributed by atoms with E-state index in [4.69, 9.17) is 42.5 Å². The van der Waals surface area contributed by atoms with Crippen LogP contribution in [0.2, 0.25) is 10.0 Å². The van der Waals surface area contributed by atoms with Gasteiger partial charge in [0.1, 0.15) is 25.1 Å². The van der Waals surface area contributed by atoms with Crippen molar-refractivity contribution in [2.75, 3.05) is 26.4 Å². The summed E-state index contributed by atoms with van der Waals surface area (Å²) in [5.74, 6) is -0.371. The van der Waals surface area contributed by atoms with Gasteiger partial charge in [0.25, 0.3) is 0 Å². The van der Waals surface area contributed by atoms with Gasteiger partial charge in [-0.15, -0.1) is 0 Å². The number of hydrogen-bond acceptors (Lipinski definition) is 6. The highest BCUT2D eigenvalue weighted by Gasteiger charge is 2.43. The third-order valence-electron chi connectivity index (χ3n) is 5.74. The summed E-state index contributed by atoms with van der Waals surface area (Å²) in [6, 6.07) is 4.84. The molecule has 1 saturated carbocycles. The highest BCUT2D eigenvalue weighted by atomic mass is 35.5. The van der Waals surface area contributed by atoms with Crippen LogP contribution in [0.25, 0.3) is 0 Å².